The van der Waals surface area contributed by atoms with Crippen LogP contribution in [0.2, 0.25) is 0 Å². The molecule has 0 radical (unpaired) electrons. The predicted octanol–water partition coefficient (Wildman–Crippen LogP) is 3.44. The van der Waals surface area contributed by atoms with Crippen LogP contribution in [0.5, 0.6) is 0 Å². The van der Waals surface area contributed by atoms with Gasteiger partial charge in [-0.25, -0.2) is 0 Å². The minimum atomic E-state index is -0.241. The van der Waals surface area contributed by atoms with Crippen LogP contribution in [0.4, 0.5) is 0 Å². The molecule has 0 bridgehead atoms. The molecule has 1 aliphatic carbocycles. The summed E-state index contributed by atoms with van der Waals surface area (Å²) in [5.41, 5.74) is 1.30. The molecule has 2 nitrogen and oxygen atoms in total. The lowest BCUT2D eigenvalue weighted by Crippen LogP contribution is -2.48. The van der Waals surface area contributed by atoms with Crippen LogP contribution in [0.1, 0.15) is 45.1 Å². The zero-order valence-electron chi connectivity index (χ0n) is 10.0. The van der Waals surface area contributed by atoms with E-state index in [1.54, 1.807) is 12.4 Å². The Hall–Kier alpha value is -1.36. The molecule has 16 heavy (non-hydrogen) atoms. The molecule has 0 amide bonds. The van der Waals surface area contributed by atoms with Crippen LogP contribution < -0.4 is 0 Å². The summed E-state index contributed by atoms with van der Waals surface area (Å²) in [6, 6.07) is 6.50. The van der Waals surface area contributed by atoms with E-state index in [4.69, 9.17) is 0 Å². The Bertz CT molecular complexity index is 390. The fourth-order valence-electron chi connectivity index (χ4n) is 3.00. The van der Waals surface area contributed by atoms with Gasteiger partial charge in [0.05, 0.1) is 11.5 Å². The topological polar surface area (TPSA) is 36.7 Å². The molecule has 2 rings (SSSR count). The van der Waals surface area contributed by atoms with Crippen LogP contribution in [0.15, 0.2) is 24.5 Å². The molecule has 84 valence electrons. The Morgan fingerprint density at radius 2 is 1.81 bits per heavy atom. The van der Waals surface area contributed by atoms with Gasteiger partial charge >= 0.3 is 0 Å². The van der Waals surface area contributed by atoms with Crippen molar-refractivity contribution in [3.8, 4) is 6.07 Å². The number of nitrogens with zero attached hydrogens (tertiary/aromatic N) is 2. The highest BCUT2D eigenvalue weighted by atomic mass is 14.6. The molecule has 0 aromatic carbocycles. The molecular weight excluding hydrogens is 196 g/mol. The van der Waals surface area contributed by atoms with Crippen LogP contribution in [-0.4, -0.2) is 4.98 Å². The lowest BCUT2D eigenvalue weighted by atomic mass is 9.49. The number of rotatable bonds is 3. The van der Waals surface area contributed by atoms with Gasteiger partial charge in [-0.05, 0) is 36.0 Å². The van der Waals surface area contributed by atoms with Gasteiger partial charge in [0.1, 0.15) is 0 Å². The number of hydrogen-bond acceptors (Lipinski definition) is 2. The third-order valence-corrected chi connectivity index (χ3v) is 4.30. The number of aromatic nitrogens is 1. The summed E-state index contributed by atoms with van der Waals surface area (Å²) in [5.74, 6) is 0. The van der Waals surface area contributed by atoms with Crippen LogP contribution in [0, 0.1) is 16.7 Å². The minimum absolute atomic E-state index is 0.241. The van der Waals surface area contributed by atoms with Crippen molar-refractivity contribution in [2.75, 3.05) is 0 Å². The molecule has 0 N–H and O–H groups in total. The largest absolute Gasteiger partial charge is 0.265 e. The van der Waals surface area contributed by atoms with Gasteiger partial charge in [-0.3, -0.25) is 4.98 Å². The summed E-state index contributed by atoms with van der Waals surface area (Å²) in [4.78, 5) is 4.02. The van der Waals surface area contributed by atoms with Crippen LogP contribution in [0.3, 0.4) is 0 Å². The first-order valence-electron chi connectivity index (χ1n) is 6.02. The first-order chi connectivity index (χ1) is 7.70. The highest BCUT2D eigenvalue weighted by molar-refractivity contribution is 5.36. The van der Waals surface area contributed by atoms with E-state index in [0.717, 1.165) is 18.4 Å². The molecule has 0 saturated heterocycles. The van der Waals surface area contributed by atoms with Crippen LogP contribution in [-0.2, 0) is 5.41 Å². The maximum atomic E-state index is 9.44. The Labute approximate surface area is 97.3 Å². The third kappa shape index (κ3) is 1.51. The van der Waals surface area contributed by atoms with Gasteiger partial charge in [0, 0.05) is 12.4 Å². The van der Waals surface area contributed by atoms with Gasteiger partial charge in [0.25, 0.3) is 0 Å². The van der Waals surface area contributed by atoms with Crippen molar-refractivity contribution < 1.29 is 0 Å². The first kappa shape index (κ1) is 11.1. The van der Waals surface area contributed by atoms with Crippen molar-refractivity contribution in [1.29, 1.82) is 5.26 Å². The molecule has 1 aromatic heterocycles. The lowest BCUT2D eigenvalue weighted by Gasteiger charge is -2.52. The zero-order valence-corrected chi connectivity index (χ0v) is 10.0. The van der Waals surface area contributed by atoms with Crippen molar-refractivity contribution in [3.05, 3.63) is 30.1 Å². The Kier molecular flexibility index (Phi) is 2.71. The van der Waals surface area contributed by atoms with Gasteiger partial charge in [0.2, 0.25) is 0 Å². The van der Waals surface area contributed by atoms with E-state index in [-0.39, 0.29) is 5.41 Å². The van der Waals surface area contributed by atoms with Crippen LogP contribution in [0.25, 0.3) is 0 Å². The minimum Gasteiger partial charge on any atom is -0.265 e. The van der Waals surface area contributed by atoms with Crippen molar-refractivity contribution in [2.45, 2.75) is 44.9 Å². The van der Waals surface area contributed by atoms with Gasteiger partial charge in [-0.1, -0.05) is 26.7 Å². The van der Waals surface area contributed by atoms with E-state index in [2.05, 4.69) is 24.9 Å². The Morgan fingerprint density at radius 1 is 1.25 bits per heavy atom. The van der Waals surface area contributed by atoms with Crippen molar-refractivity contribution in [2.24, 2.45) is 5.41 Å². The normalized spacial score (nSPS) is 20.8. The number of nitriles is 1. The number of pyridine rings is 1. The molecule has 0 atom stereocenters. The van der Waals surface area contributed by atoms with E-state index in [1.807, 2.05) is 12.1 Å². The molecule has 1 aliphatic rings. The summed E-state index contributed by atoms with van der Waals surface area (Å²) >= 11 is 0. The first-order valence-corrected chi connectivity index (χ1v) is 6.02. The van der Waals surface area contributed by atoms with E-state index in [9.17, 15) is 5.26 Å². The predicted molar refractivity (Wildman–Crippen MR) is 63.8 cm³/mol. The Morgan fingerprint density at radius 3 is 2.25 bits per heavy atom. The fourth-order valence-corrected chi connectivity index (χ4v) is 3.00. The molecule has 1 heterocycles. The fraction of sp³-hybridized carbons (Fsp3) is 0.571. The maximum Gasteiger partial charge on any atom is 0.0834 e. The average molecular weight is 214 g/mol. The molecular formula is C14H18N2. The quantitative estimate of drug-likeness (QED) is 0.772. The van der Waals surface area contributed by atoms with E-state index >= 15 is 0 Å². The third-order valence-electron chi connectivity index (χ3n) is 4.30. The average Bonchev–Trinajstić information content (AvgIpc) is 2.31. The smallest absolute Gasteiger partial charge is 0.0834 e. The molecule has 1 aromatic rings. The second-order valence-corrected chi connectivity index (χ2v) is 4.99. The summed E-state index contributed by atoms with van der Waals surface area (Å²) in [6.45, 7) is 4.47. The second-order valence-electron chi connectivity index (χ2n) is 4.99. The number of hydrogen-bond donors (Lipinski definition) is 0. The zero-order chi connectivity index (χ0) is 11.6. The van der Waals surface area contributed by atoms with E-state index in [1.165, 1.54) is 12.8 Å². The summed E-state index contributed by atoms with van der Waals surface area (Å²) in [5, 5.41) is 9.44. The van der Waals surface area contributed by atoms with E-state index < -0.39 is 0 Å². The molecule has 0 aliphatic heterocycles. The molecule has 2 heteroatoms. The van der Waals surface area contributed by atoms with Crippen LogP contribution >= 0.6 is 0 Å². The molecule has 1 saturated carbocycles. The standard InChI is InChI=1S/C14H18N2/c1-3-13(4-2)9-14(10-13,11-15)12-5-7-16-8-6-12/h5-8H,3-4,9-10H2,1-2H3. The molecule has 1 fully saturated rings. The molecule has 0 unspecified atom stereocenters. The molecule has 0 spiro atoms. The summed E-state index contributed by atoms with van der Waals surface area (Å²) in [6.07, 6.45) is 7.94. The van der Waals surface area contributed by atoms with E-state index in [0.29, 0.717) is 5.41 Å². The highest BCUT2D eigenvalue weighted by Crippen LogP contribution is 2.58. The van der Waals surface area contributed by atoms with Gasteiger partial charge in [-0.2, -0.15) is 5.26 Å². The Balaban J connectivity index is 2.25. The van der Waals surface area contributed by atoms with Crippen molar-refractivity contribution in [3.63, 3.8) is 0 Å². The van der Waals surface area contributed by atoms with Gasteiger partial charge < -0.3 is 0 Å². The maximum absolute atomic E-state index is 9.44. The van der Waals surface area contributed by atoms with Gasteiger partial charge in [-0.15, -0.1) is 0 Å². The van der Waals surface area contributed by atoms with Crippen molar-refractivity contribution >= 4 is 0 Å². The SMILES string of the molecule is CCC1(CC)CC(C#N)(c2ccncc2)C1. The monoisotopic (exact) mass is 214 g/mol. The van der Waals surface area contributed by atoms with Gasteiger partial charge in [0.15, 0.2) is 0 Å². The highest BCUT2D eigenvalue weighted by Gasteiger charge is 2.53. The summed E-state index contributed by atoms with van der Waals surface area (Å²) < 4.78 is 0. The second kappa shape index (κ2) is 3.90. The van der Waals surface area contributed by atoms with Crippen molar-refractivity contribution in [1.82, 2.24) is 4.98 Å². The summed E-state index contributed by atoms with van der Waals surface area (Å²) in [7, 11) is 0. The lowest BCUT2D eigenvalue weighted by molar-refractivity contribution is 0.0479.